The molecule has 6 heteroatoms. The fraction of sp³-hybridized carbons (Fsp3) is 0.130. The normalized spacial score (nSPS) is 10.8. The molecule has 0 bridgehead atoms. The van der Waals surface area contributed by atoms with Crippen LogP contribution in [-0.2, 0) is 13.1 Å². The molecule has 0 atom stereocenters. The van der Waals surface area contributed by atoms with Crippen molar-refractivity contribution in [3.63, 3.8) is 0 Å². The largest absolute Gasteiger partial charge is 0.322 e. The first-order valence-electron chi connectivity index (χ1n) is 9.35. The predicted octanol–water partition coefficient (Wildman–Crippen LogP) is 5.13. The Hall–Kier alpha value is -3.38. The molecule has 0 spiro atoms. The molecule has 0 aliphatic heterocycles. The number of fused-ring (bicyclic) bond motifs is 1. The van der Waals surface area contributed by atoms with E-state index in [4.69, 9.17) is 0 Å². The van der Waals surface area contributed by atoms with E-state index in [1.54, 1.807) is 16.2 Å². The number of benzene rings is 2. The second-order valence-electron chi connectivity index (χ2n) is 6.89. The number of para-hydroxylation sites is 2. The van der Waals surface area contributed by atoms with E-state index in [-0.39, 0.29) is 18.1 Å². The fourth-order valence-electron chi connectivity index (χ4n) is 3.27. The molecular weight excluding hydrogens is 382 g/mol. The monoisotopic (exact) mass is 403 g/mol. The van der Waals surface area contributed by atoms with Crippen molar-refractivity contribution in [2.75, 3.05) is 5.32 Å². The molecule has 0 saturated heterocycles. The highest BCUT2D eigenvalue weighted by Crippen LogP contribution is 2.18. The Bertz CT molecular complexity index is 1180. The Morgan fingerprint density at radius 2 is 1.86 bits per heavy atom. The summed E-state index contributed by atoms with van der Waals surface area (Å²) < 4.78 is 0. The Labute approximate surface area is 172 Å². The van der Waals surface area contributed by atoms with Crippen LogP contribution in [0.2, 0.25) is 0 Å². The van der Waals surface area contributed by atoms with E-state index in [0.29, 0.717) is 12.1 Å². The van der Waals surface area contributed by atoms with Crippen LogP contribution in [0.25, 0.3) is 10.9 Å². The van der Waals surface area contributed by atoms with Crippen LogP contribution in [-0.4, -0.2) is 15.9 Å². The second-order valence-corrected chi connectivity index (χ2v) is 7.93. The van der Waals surface area contributed by atoms with Crippen molar-refractivity contribution >= 4 is 34.0 Å². The van der Waals surface area contributed by atoms with Gasteiger partial charge in [-0.3, -0.25) is 4.79 Å². The van der Waals surface area contributed by atoms with E-state index in [0.717, 1.165) is 27.0 Å². The van der Waals surface area contributed by atoms with Gasteiger partial charge in [-0.1, -0.05) is 42.5 Å². The number of pyridine rings is 1. The zero-order valence-electron chi connectivity index (χ0n) is 16.0. The molecule has 4 rings (SSSR count). The van der Waals surface area contributed by atoms with Crippen LogP contribution in [0.3, 0.4) is 0 Å². The van der Waals surface area contributed by atoms with Gasteiger partial charge < -0.3 is 15.2 Å². The number of nitrogens with zero attached hydrogens (tertiary/aromatic N) is 1. The van der Waals surface area contributed by atoms with Crippen molar-refractivity contribution in [2.45, 2.75) is 20.0 Å². The Kier molecular flexibility index (Phi) is 5.44. The summed E-state index contributed by atoms with van der Waals surface area (Å²) in [5, 5.41) is 5.86. The number of hydrogen-bond donors (Lipinski definition) is 2. The van der Waals surface area contributed by atoms with Gasteiger partial charge in [0.05, 0.1) is 18.6 Å². The number of aromatic nitrogens is 1. The van der Waals surface area contributed by atoms with Crippen molar-refractivity contribution in [1.29, 1.82) is 0 Å². The third kappa shape index (κ3) is 4.38. The van der Waals surface area contributed by atoms with Gasteiger partial charge in [0.15, 0.2) is 0 Å². The van der Waals surface area contributed by atoms with E-state index >= 15 is 0 Å². The van der Waals surface area contributed by atoms with Gasteiger partial charge in [0, 0.05) is 16.1 Å². The Balaban J connectivity index is 1.64. The van der Waals surface area contributed by atoms with Gasteiger partial charge in [0.25, 0.3) is 5.56 Å². The number of carbonyl (C=O) groups is 1. The summed E-state index contributed by atoms with van der Waals surface area (Å²) in [6, 6.07) is 20.8. The minimum absolute atomic E-state index is 0.171. The van der Waals surface area contributed by atoms with Gasteiger partial charge >= 0.3 is 6.03 Å². The average Bonchev–Trinajstić information content (AvgIpc) is 3.23. The molecule has 0 fully saturated rings. The van der Waals surface area contributed by atoms with Gasteiger partial charge in [-0.05, 0) is 47.5 Å². The average molecular weight is 404 g/mol. The van der Waals surface area contributed by atoms with Crippen molar-refractivity contribution in [1.82, 2.24) is 9.88 Å². The number of rotatable bonds is 5. The summed E-state index contributed by atoms with van der Waals surface area (Å²) in [5.74, 6) is 0. The number of hydrogen-bond acceptors (Lipinski definition) is 3. The summed E-state index contributed by atoms with van der Waals surface area (Å²) >= 11 is 1.59. The summed E-state index contributed by atoms with van der Waals surface area (Å²) in [5.41, 5.74) is 2.96. The van der Waals surface area contributed by atoms with Crippen LogP contribution in [0.15, 0.2) is 76.9 Å². The first-order chi connectivity index (χ1) is 14.1. The molecule has 2 heterocycles. The lowest BCUT2D eigenvalue weighted by molar-refractivity contribution is 0.207. The number of H-pyrrole nitrogens is 1. The molecule has 0 saturated carbocycles. The van der Waals surface area contributed by atoms with Gasteiger partial charge in [0.1, 0.15) is 0 Å². The van der Waals surface area contributed by atoms with Gasteiger partial charge in [-0.2, -0.15) is 0 Å². The molecular formula is C23H21N3O2S. The smallest absolute Gasteiger partial charge is 0.321 e. The molecule has 2 aromatic carbocycles. The lowest BCUT2D eigenvalue weighted by Crippen LogP contribution is -2.35. The summed E-state index contributed by atoms with van der Waals surface area (Å²) in [6.45, 7) is 2.62. The van der Waals surface area contributed by atoms with Gasteiger partial charge in [0.2, 0.25) is 0 Å². The molecule has 2 aromatic heterocycles. The maximum atomic E-state index is 13.0. The Morgan fingerprint density at radius 3 is 2.62 bits per heavy atom. The van der Waals surface area contributed by atoms with Crippen molar-refractivity contribution in [3.8, 4) is 0 Å². The number of aryl methyl sites for hydroxylation is 1. The lowest BCUT2D eigenvalue weighted by atomic mass is 10.1. The van der Waals surface area contributed by atoms with E-state index in [2.05, 4.69) is 10.3 Å². The lowest BCUT2D eigenvalue weighted by Gasteiger charge is -2.22. The van der Waals surface area contributed by atoms with Gasteiger partial charge in [-0.15, -0.1) is 11.3 Å². The van der Waals surface area contributed by atoms with Crippen LogP contribution < -0.4 is 10.9 Å². The molecule has 4 aromatic rings. The molecule has 0 aliphatic carbocycles. The van der Waals surface area contributed by atoms with Crippen LogP contribution in [0.4, 0.5) is 10.5 Å². The molecule has 0 unspecified atom stereocenters. The van der Waals surface area contributed by atoms with Crippen LogP contribution in [0.1, 0.15) is 16.0 Å². The summed E-state index contributed by atoms with van der Waals surface area (Å²) in [6.07, 6.45) is 0. The summed E-state index contributed by atoms with van der Waals surface area (Å²) in [7, 11) is 0. The quantitative estimate of drug-likeness (QED) is 0.485. The Morgan fingerprint density at radius 1 is 1.03 bits per heavy atom. The highest BCUT2D eigenvalue weighted by Gasteiger charge is 2.17. The van der Waals surface area contributed by atoms with E-state index < -0.39 is 0 Å². The van der Waals surface area contributed by atoms with E-state index in [1.165, 1.54) is 0 Å². The predicted molar refractivity (Wildman–Crippen MR) is 118 cm³/mol. The SMILES string of the molecule is Cc1cccc2cc(CN(Cc3cccs3)C(=O)Nc3ccccc3)c(=O)[nH]c12. The number of carbonyl (C=O) groups excluding carboxylic acids is 1. The van der Waals surface area contributed by atoms with Crippen LogP contribution >= 0.6 is 11.3 Å². The second kappa shape index (κ2) is 8.32. The number of anilines is 1. The first-order valence-corrected chi connectivity index (χ1v) is 10.2. The molecule has 146 valence electrons. The zero-order chi connectivity index (χ0) is 20.2. The maximum absolute atomic E-state index is 13.0. The van der Waals surface area contributed by atoms with E-state index in [1.807, 2.05) is 79.0 Å². The molecule has 0 aliphatic rings. The number of urea groups is 1. The topological polar surface area (TPSA) is 65.2 Å². The van der Waals surface area contributed by atoms with Crippen molar-refractivity contribution in [2.24, 2.45) is 0 Å². The minimum atomic E-state index is -0.242. The van der Waals surface area contributed by atoms with Crippen molar-refractivity contribution < 1.29 is 4.79 Å². The van der Waals surface area contributed by atoms with Crippen molar-refractivity contribution in [3.05, 3.63) is 98.5 Å². The number of thiophene rings is 1. The zero-order valence-corrected chi connectivity index (χ0v) is 16.8. The fourth-order valence-corrected chi connectivity index (χ4v) is 3.99. The van der Waals surface area contributed by atoms with Crippen LogP contribution in [0, 0.1) is 6.92 Å². The molecule has 0 radical (unpaired) electrons. The molecule has 2 amide bonds. The van der Waals surface area contributed by atoms with Gasteiger partial charge in [-0.25, -0.2) is 4.79 Å². The maximum Gasteiger partial charge on any atom is 0.322 e. The standard InChI is InChI=1S/C23H21N3O2S/c1-16-7-5-8-17-13-18(22(27)25-21(16)17)14-26(15-20-11-6-12-29-20)23(28)24-19-9-3-2-4-10-19/h2-13H,14-15H2,1H3,(H,24,28)(H,25,27). The third-order valence-electron chi connectivity index (χ3n) is 4.77. The third-order valence-corrected chi connectivity index (χ3v) is 5.63. The highest BCUT2D eigenvalue weighted by molar-refractivity contribution is 7.09. The highest BCUT2D eigenvalue weighted by atomic mass is 32.1. The molecule has 29 heavy (non-hydrogen) atoms. The summed E-state index contributed by atoms with van der Waals surface area (Å²) in [4.78, 5) is 31.4. The van der Waals surface area contributed by atoms with Crippen LogP contribution in [0.5, 0.6) is 0 Å². The molecule has 2 N–H and O–H groups in total. The number of aromatic amines is 1. The number of nitrogens with one attached hydrogen (secondary N) is 2. The minimum Gasteiger partial charge on any atom is -0.321 e. The van der Waals surface area contributed by atoms with E-state index in [9.17, 15) is 9.59 Å². The number of amides is 2. The first kappa shape index (κ1) is 19.0. The molecule has 5 nitrogen and oxygen atoms in total.